The first-order valence-electron chi connectivity index (χ1n) is 5.54. The average Bonchev–Trinajstić information content (AvgIpc) is 2.30. The van der Waals surface area contributed by atoms with Crippen molar-refractivity contribution in [3.63, 3.8) is 0 Å². The maximum absolute atomic E-state index is 11.7. The van der Waals surface area contributed by atoms with E-state index in [0.717, 1.165) is 18.4 Å². The number of nitrogens with one attached hydrogen (secondary N) is 1. The third-order valence-electron chi connectivity index (χ3n) is 2.33. The molecular formula is C14H17NO. The van der Waals surface area contributed by atoms with Crippen LogP contribution in [0, 0.1) is 12.3 Å². The van der Waals surface area contributed by atoms with E-state index in [9.17, 15) is 4.79 Å². The molecule has 0 saturated carbocycles. The average molecular weight is 215 g/mol. The predicted octanol–water partition coefficient (Wildman–Crippen LogP) is 2.04. The maximum atomic E-state index is 11.7. The molecule has 2 heteroatoms. The molecule has 2 nitrogen and oxygen atoms in total. The van der Waals surface area contributed by atoms with Crippen LogP contribution < -0.4 is 5.32 Å². The summed E-state index contributed by atoms with van der Waals surface area (Å²) in [6.07, 6.45) is 7.26. The van der Waals surface area contributed by atoms with E-state index in [1.165, 1.54) is 5.56 Å². The number of benzene rings is 1. The third kappa shape index (κ3) is 3.88. The van der Waals surface area contributed by atoms with E-state index >= 15 is 0 Å². The molecule has 0 bridgehead atoms. The van der Waals surface area contributed by atoms with Gasteiger partial charge in [-0.25, -0.2) is 0 Å². The zero-order chi connectivity index (χ0) is 11.8. The molecule has 1 aromatic rings. The van der Waals surface area contributed by atoms with Gasteiger partial charge in [0.05, 0.1) is 13.1 Å². The Hall–Kier alpha value is -1.59. The Morgan fingerprint density at radius 1 is 1.38 bits per heavy atom. The van der Waals surface area contributed by atoms with Gasteiger partial charge in [-0.05, 0) is 12.0 Å². The maximum Gasteiger partial charge on any atom is 0.176 e. The van der Waals surface area contributed by atoms with Crippen LogP contribution in [0.25, 0.3) is 0 Å². The lowest BCUT2D eigenvalue weighted by Gasteiger charge is -2.03. The largest absolute Gasteiger partial charge is 0.299 e. The number of carbonyl (C=O) groups is 1. The smallest absolute Gasteiger partial charge is 0.176 e. The Balaban J connectivity index is 2.53. The highest BCUT2D eigenvalue weighted by atomic mass is 16.1. The summed E-state index contributed by atoms with van der Waals surface area (Å²) in [5, 5.41) is 2.89. The molecule has 84 valence electrons. The zero-order valence-electron chi connectivity index (χ0n) is 9.62. The van der Waals surface area contributed by atoms with Crippen LogP contribution in [0.15, 0.2) is 24.3 Å². The quantitative estimate of drug-likeness (QED) is 0.447. The van der Waals surface area contributed by atoms with E-state index in [0.29, 0.717) is 13.1 Å². The summed E-state index contributed by atoms with van der Waals surface area (Å²) < 4.78 is 0. The Morgan fingerprint density at radius 2 is 2.06 bits per heavy atom. The van der Waals surface area contributed by atoms with Crippen LogP contribution in [0.2, 0.25) is 0 Å². The summed E-state index contributed by atoms with van der Waals surface area (Å²) in [5.74, 6) is 2.52. The first-order chi connectivity index (χ1) is 7.77. The van der Waals surface area contributed by atoms with Crippen LogP contribution in [-0.2, 0) is 6.42 Å². The second-order valence-electron chi connectivity index (χ2n) is 3.68. The van der Waals surface area contributed by atoms with Gasteiger partial charge < -0.3 is 0 Å². The van der Waals surface area contributed by atoms with Gasteiger partial charge in [0.1, 0.15) is 0 Å². The molecule has 0 aliphatic carbocycles. The first kappa shape index (κ1) is 12.5. The van der Waals surface area contributed by atoms with Crippen molar-refractivity contribution in [1.82, 2.24) is 5.32 Å². The predicted molar refractivity (Wildman–Crippen MR) is 66.5 cm³/mol. The van der Waals surface area contributed by atoms with Gasteiger partial charge in [-0.2, -0.15) is 0 Å². The monoisotopic (exact) mass is 215 g/mol. The van der Waals surface area contributed by atoms with Gasteiger partial charge in [0.25, 0.3) is 0 Å². The zero-order valence-corrected chi connectivity index (χ0v) is 9.62. The van der Waals surface area contributed by atoms with Crippen molar-refractivity contribution in [2.45, 2.75) is 19.8 Å². The molecule has 0 heterocycles. The van der Waals surface area contributed by atoms with Crippen LogP contribution in [0.5, 0.6) is 0 Å². The number of hydrogen-bond acceptors (Lipinski definition) is 2. The molecule has 0 saturated heterocycles. The Bertz CT molecular complexity index is 373. The van der Waals surface area contributed by atoms with Gasteiger partial charge >= 0.3 is 0 Å². The summed E-state index contributed by atoms with van der Waals surface area (Å²) in [4.78, 5) is 11.7. The standard InChI is InChI=1S/C14H17NO/c1-3-5-12-6-8-13(9-7-12)14(16)11-15-10-4-2/h2,6-9,15H,3,5,10-11H2,1H3. The molecule has 16 heavy (non-hydrogen) atoms. The molecule has 1 rings (SSSR count). The normalized spacial score (nSPS) is 9.75. The number of carbonyl (C=O) groups excluding carboxylic acids is 1. The molecular weight excluding hydrogens is 198 g/mol. The number of ketones is 1. The molecule has 0 amide bonds. The summed E-state index contributed by atoms with van der Waals surface area (Å²) >= 11 is 0. The van der Waals surface area contributed by atoms with E-state index in [1.54, 1.807) is 0 Å². The minimum atomic E-state index is 0.0818. The van der Waals surface area contributed by atoms with E-state index in [-0.39, 0.29) is 5.78 Å². The summed E-state index contributed by atoms with van der Waals surface area (Å²) in [5.41, 5.74) is 2.01. The first-order valence-corrected chi connectivity index (χ1v) is 5.54. The Kier molecular flexibility index (Phi) is 5.31. The van der Waals surface area contributed by atoms with Crippen LogP contribution in [0.3, 0.4) is 0 Å². The minimum absolute atomic E-state index is 0.0818. The molecule has 0 aliphatic heterocycles. The Labute approximate surface area is 97.1 Å². The fraction of sp³-hybridized carbons (Fsp3) is 0.357. The van der Waals surface area contributed by atoms with Crippen molar-refractivity contribution in [2.75, 3.05) is 13.1 Å². The highest BCUT2D eigenvalue weighted by Crippen LogP contribution is 2.07. The lowest BCUT2D eigenvalue weighted by Crippen LogP contribution is -2.23. The van der Waals surface area contributed by atoms with Crippen LogP contribution >= 0.6 is 0 Å². The molecule has 0 aliphatic rings. The molecule has 0 radical (unpaired) electrons. The van der Waals surface area contributed by atoms with Crippen LogP contribution in [0.4, 0.5) is 0 Å². The fourth-order valence-electron chi connectivity index (χ4n) is 1.50. The molecule has 0 aromatic heterocycles. The number of Topliss-reactive ketones (excluding diaryl/α,β-unsaturated/α-hetero) is 1. The fourth-order valence-corrected chi connectivity index (χ4v) is 1.50. The topological polar surface area (TPSA) is 29.1 Å². The van der Waals surface area contributed by atoms with Gasteiger partial charge in [-0.1, -0.05) is 43.5 Å². The lowest BCUT2D eigenvalue weighted by molar-refractivity contribution is 0.0992. The van der Waals surface area contributed by atoms with Gasteiger partial charge in [-0.15, -0.1) is 6.42 Å². The number of rotatable bonds is 6. The van der Waals surface area contributed by atoms with Gasteiger partial charge in [0.15, 0.2) is 5.78 Å². The molecule has 1 aromatic carbocycles. The SMILES string of the molecule is C#CCNCC(=O)c1ccc(CCC)cc1. The van der Waals surface area contributed by atoms with Crippen molar-refractivity contribution in [2.24, 2.45) is 0 Å². The van der Waals surface area contributed by atoms with Gasteiger partial charge in [-0.3, -0.25) is 10.1 Å². The van der Waals surface area contributed by atoms with Gasteiger partial charge in [0.2, 0.25) is 0 Å². The Morgan fingerprint density at radius 3 is 2.62 bits per heavy atom. The highest BCUT2D eigenvalue weighted by Gasteiger charge is 2.04. The minimum Gasteiger partial charge on any atom is -0.299 e. The summed E-state index contributed by atoms with van der Waals surface area (Å²) in [6, 6.07) is 7.78. The van der Waals surface area contributed by atoms with Crippen molar-refractivity contribution < 1.29 is 4.79 Å². The van der Waals surface area contributed by atoms with Crippen LogP contribution in [0.1, 0.15) is 29.3 Å². The second-order valence-corrected chi connectivity index (χ2v) is 3.68. The van der Waals surface area contributed by atoms with Crippen molar-refractivity contribution in [1.29, 1.82) is 0 Å². The molecule has 0 atom stereocenters. The molecule has 1 N–H and O–H groups in total. The van der Waals surface area contributed by atoms with E-state index in [4.69, 9.17) is 6.42 Å². The van der Waals surface area contributed by atoms with Crippen molar-refractivity contribution in [3.8, 4) is 12.3 Å². The molecule has 0 spiro atoms. The van der Waals surface area contributed by atoms with Gasteiger partial charge in [0, 0.05) is 5.56 Å². The van der Waals surface area contributed by atoms with E-state index in [1.807, 2.05) is 24.3 Å². The van der Waals surface area contributed by atoms with E-state index in [2.05, 4.69) is 18.2 Å². The number of terminal acetylenes is 1. The number of hydrogen-bond donors (Lipinski definition) is 1. The van der Waals surface area contributed by atoms with Crippen molar-refractivity contribution >= 4 is 5.78 Å². The molecule has 0 unspecified atom stereocenters. The van der Waals surface area contributed by atoms with E-state index < -0.39 is 0 Å². The van der Waals surface area contributed by atoms with Crippen LogP contribution in [-0.4, -0.2) is 18.9 Å². The number of aryl methyl sites for hydroxylation is 1. The third-order valence-corrected chi connectivity index (χ3v) is 2.33. The second kappa shape index (κ2) is 6.81. The highest BCUT2D eigenvalue weighted by molar-refractivity contribution is 5.97. The summed E-state index contributed by atoms with van der Waals surface area (Å²) in [6.45, 7) is 2.87. The summed E-state index contributed by atoms with van der Waals surface area (Å²) in [7, 11) is 0. The van der Waals surface area contributed by atoms with Crippen molar-refractivity contribution in [3.05, 3.63) is 35.4 Å². The lowest BCUT2D eigenvalue weighted by atomic mass is 10.1. The molecule has 0 fully saturated rings.